The molecule has 0 aliphatic heterocycles. The minimum absolute atomic E-state index is 0.0621. The molecule has 0 atom stereocenters. The molecule has 0 unspecified atom stereocenters. The Morgan fingerprint density at radius 3 is 2.46 bits per heavy atom. The van der Waals surface area contributed by atoms with E-state index in [0.717, 1.165) is 4.47 Å². The van der Waals surface area contributed by atoms with E-state index in [9.17, 15) is 18.8 Å². The fourth-order valence-corrected chi connectivity index (χ4v) is 2.71. The van der Waals surface area contributed by atoms with Crippen LogP contribution in [0.1, 0.15) is 5.56 Å². The van der Waals surface area contributed by atoms with Gasteiger partial charge in [0, 0.05) is 15.1 Å². The first-order chi connectivity index (χ1) is 11.5. The Morgan fingerprint density at radius 2 is 1.88 bits per heavy atom. The zero-order chi connectivity index (χ0) is 17.5. The van der Waals surface area contributed by atoms with Gasteiger partial charge in [-0.15, -0.1) is 0 Å². The standard InChI is InChI=1S/C17H11BrF2N2OS/c18-15-4-2-1-3-11(15)9-12(10-21)16(23)22-13-5-7-14(8-6-13)24-17(19)20/h1-9,17H,(H,22,23). The molecule has 0 aliphatic rings. The number of hydrogen-bond donors (Lipinski definition) is 1. The Balaban J connectivity index is 2.13. The zero-order valence-electron chi connectivity index (χ0n) is 12.2. The highest BCUT2D eigenvalue weighted by Gasteiger charge is 2.11. The molecule has 0 aliphatic carbocycles. The summed E-state index contributed by atoms with van der Waals surface area (Å²) in [5, 5.41) is 11.8. The Morgan fingerprint density at radius 1 is 1.21 bits per heavy atom. The van der Waals surface area contributed by atoms with Gasteiger partial charge in [0.05, 0.1) is 0 Å². The number of rotatable bonds is 5. The molecule has 24 heavy (non-hydrogen) atoms. The number of nitrogens with one attached hydrogen (secondary N) is 1. The average Bonchev–Trinajstić information content (AvgIpc) is 2.55. The molecule has 0 bridgehead atoms. The fourth-order valence-electron chi connectivity index (χ4n) is 1.81. The van der Waals surface area contributed by atoms with Crippen molar-refractivity contribution in [2.75, 3.05) is 5.32 Å². The van der Waals surface area contributed by atoms with E-state index in [1.165, 1.54) is 30.3 Å². The van der Waals surface area contributed by atoms with E-state index in [4.69, 9.17) is 0 Å². The van der Waals surface area contributed by atoms with Gasteiger partial charge in [-0.05, 0) is 42.0 Å². The Labute approximate surface area is 150 Å². The summed E-state index contributed by atoms with van der Waals surface area (Å²) in [4.78, 5) is 12.6. The van der Waals surface area contributed by atoms with Gasteiger partial charge in [0.15, 0.2) is 0 Å². The van der Waals surface area contributed by atoms with Crippen LogP contribution in [0, 0.1) is 11.3 Å². The molecular formula is C17H11BrF2N2OS. The maximum atomic E-state index is 12.3. The molecule has 0 aromatic heterocycles. The van der Waals surface area contributed by atoms with E-state index < -0.39 is 11.7 Å². The molecule has 3 nitrogen and oxygen atoms in total. The molecular weight excluding hydrogens is 398 g/mol. The lowest BCUT2D eigenvalue weighted by atomic mass is 10.1. The van der Waals surface area contributed by atoms with Crippen LogP contribution >= 0.6 is 27.7 Å². The summed E-state index contributed by atoms with van der Waals surface area (Å²) in [6, 6.07) is 15.0. The van der Waals surface area contributed by atoms with Gasteiger partial charge in [0.2, 0.25) is 0 Å². The van der Waals surface area contributed by atoms with E-state index in [1.54, 1.807) is 18.2 Å². The monoisotopic (exact) mass is 408 g/mol. The quantitative estimate of drug-likeness (QED) is 0.414. The van der Waals surface area contributed by atoms with Gasteiger partial charge in [-0.2, -0.15) is 14.0 Å². The number of carbonyl (C=O) groups is 1. The molecule has 0 heterocycles. The highest BCUT2D eigenvalue weighted by molar-refractivity contribution is 9.10. The van der Waals surface area contributed by atoms with Gasteiger partial charge < -0.3 is 5.32 Å². The van der Waals surface area contributed by atoms with Crippen LogP contribution in [0.4, 0.5) is 14.5 Å². The third-order valence-corrected chi connectivity index (χ3v) is 4.35. The maximum Gasteiger partial charge on any atom is 0.288 e. The van der Waals surface area contributed by atoms with Crippen molar-refractivity contribution in [2.45, 2.75) is 10.7 Å². The molecule has 1 amide bonds. The lowest BCUT2D eigenvalue weighted by Gasteiger charge is -2.06. The molecule has 2 rings (SSSR count). The number of hydrogen-bond acceptors (Lipinski definition) is 3. The molecule has 0 radical (unpaired) electrons. The normalized spacial score (nSPS) is 11.2. The van der Waals surface area contributed by atoms with Gasteiger partial charge >= 0.3 is 0 Å². The number of nitriles is 1. The second-order valence-corrected chi connectivity index (χ2v) is 6.47. The van der Waals surface area contributed by atoms with Crippen molar-refractivity contribution in [1.82, 2.24) is 0 Å². The van der Waals surface area contributed by atoms with Crippen LogP contribution in [-0.4, -0.2) is 11.7 Å². The Hall–Kier alpha value is -2.17. The number of halogens is 3. The van der Waals surface area contributed by atoms with Gasteiger partial charge in [0.1, 0.15) is 11.6 Å². The fraction of sp³-hybridized carbons (Fsp3) is 0.0588. The predicted molar refractivity (Wildman–Crippen MR) is 94.7 cm³/mol. The molecule has 7 heteroatoms. The van der Waals surface area contributed by atoms with Crippen LogP contribution in [0.15, 0.2) is 63.5 Å². The number of carbonyl (C=O) groups excluding carboxylic acids is 1. The number of thioether (sulfide) groups is 1. The molecule has 2 aromatic rings. The topological polar surface area (TPSA) is 52.9 Å². The summed E-state index contributed by atoms with van der Waals surface area (Å²) in [6.45, 7) is 0. The first kappa shape index (κ1) is 18.2. The third-order valence-electron chi connectivity index (χ3n) is 2.91. The van der Waals surface area contributed by atoms with Crippen molar-refractivity contribution >= 4 is 45.4 Å². The molecule has 0 saturated carbocycles. The lowest BCUT2D eigenvalue weighted by Crippen LogP contribution is -2.13. The predicted octanol–water partition coefficient (Wildman–Crippen LogP) is 5.31. The van der Waals surface area contributed by atoms with Crippen molar-refractivity contribution in [1.29, 1.82) is 5.26 Å². The number of benzene rings is 2. The SMILES string of the molecule is N#CC(=Cc1ccccc1Br)C(=O)Nc1ccc(SC(F)F)cc1. The summed E-state index contributed by atoms with van der Waals surface area (Å²) in [6.07, 6.45) is 1.47. The van der Waals surface area contributed by atoms with Gasteiger partial charge in [-0.25, -0.2) is 0 Å². The summed E-state index contributed by atoms with van der Waals surface area (Å²) in [5.74, 6) is -3.06. The van der Waals surface area contributed by atoms with Crippen LogP contribution in [0.25, 0.3) is 6.08 Å². The highest BCUT2D eigenvalue weighted by atomic mass is 79.9. The van der Waals surface area contributed by atoms with Crippen molar-refractivity contribution in [2.24, 2.45) is 0 Å². The van der Waals surface area contributed by atoms with E-state index in [0.29, 0.717) is 27.9 Å². The largest absolute Gasteiger partial charge is 0.321 e. The van der Waals surface area contributed by atoms with E-state index in [-0.39, 0.29) is 5.57 Å². The maximum absolute atomic E-state index is 12.3. The van der Waals surface area contributed by atoms with Crippen molar-refractivity contribution in [3.63, 3.8) is 0 Å². The van der Waals surface area contributed by atoms with E-state index >= 15 is 0 Å². The summed E-state index contributed by atoms with van der Waals surface area (Å²) in [5.41, 5.74) is 1.06. The number of nitrogens with zero attached hydrogens (tertiary/aromatic N) is 1. The number of alkyl halides is 2. The minimum atomic E-state index is -2.50. The third kappa shape index (κ3) is 5.18. The van der Waals surface area contributed by atoms with Gasteiger partial charge in [0.25, 0.3) is 11.7 Å². The molecule has 0 fully saturated rings. The van der Waals surface area contributed by atoms with Crippen LogP contribution in [0.3, 0.4) is 0 Å². The molecule has 2 aromatic carbocycles. The first-order valence-electron chi connectivity index (χ1n) is 6.72. The minimum Gasteiger partial charge on any atom is -0.321 e. The van der Waals surface area contributed by atoms with Crippen LogP contribution in [0.5, 0.6) is 0 Å². The van der Waals surface area contributed by atoms with Gasteiger partial charge in [-0.1, -0.05) is 45.9 Å². The van der Waals surface area contributed by atoms with Crippen LogP contribution < -0.4 is 5.32 Å². The van der Waals surface area contributed by atoms with E-state index in [2.05, 4.69) is 21.2 Å². The zero-order valence-corrected chi connectivity index (χ0v) is 14.6. The van der Waals surface area contributed by atoms with Crippen LogP contribution in [0.2, 0.25) is 0 Å². The molecule has 0 spiro atoms. The van der Waals surface area contributed by atoms with E-state index in [1.807, 2.05) is 12.1 Å². The Bertz CT molecular complexity index is 801. The second-order valence-electron chi connectivity index (χ2n) is 4.55. The van der Waals surface area contributed by atoms with Gasteiger partial charge in [-0.3, -0.25) is 4.79 Å². The lowest BCUT2D eigenvalue weighted by molar-refractivity contribution is -0.112. The molecule has 122 valence electrons. The number of anilines is 1. The molecule has 0 saturated heterocycles. The first-order valence-corrected chi connectivity index (χ1v) is 8.39. The highest BCUT2D eigenvalue weighted by Crippen LogP contribution is 2.26. The molecule has 1 N–H and O–H groups in total. The van der Waals surface area contributed by atoms with Crippen molar-refractivity contribution < 1.29 is 13.6 Å². The number of amides is 1. The smallest absolute Gasteiger partial charge is 0.288 e. The summed E-state index contributed by atoms with van der Waals surface area (Å²) < 4.78 is 25.3. The average molecular weight is 409 g/mol. The summed E-state index contributed by atoms with van der Waals surface area (Å²) in [7, 11) is 0. The second kappa shape index (κ2) is 8.62. The Kier molecular flexibility index (Phi) is 6.53. The van der Waals surface area contributed by atoms with Crippen LogP contribution in [-0.2, 0) is 4.79 Å². The summed E-state index contributed by atoms with van der Waals surface area (Å²) >= 11 is 3.77. The van der Waals surface area contributed by atoms with Crippen molar-refractivity contribution in [3.05, 3.63) is 64.1 Å². The van der Waals surface area contributed by atoms with Crippen molar-refractivity contribution in [3.8, 4) is 6.07 Å².